The second kappa shape index (κ2) is 8.62. The first-order valence-corrected chi connectivity index (χ1v) is 9.47. The number of amides is 2. The van der Waals surface area contributed by atoms with Gasteiger partial charge in [0.1, 0.15) is 5.70 Å². The Balaban J connectivity index is 1.96. The van der Waals surface area contributed by atoms with E-state index in [1.165, 1.54) is 4.90 Å². The molecule has 1 aliphatic heterocycles. The van der Waals surface area contributed by atoms with E-state index < -0.39 is 0 Å². The first-order chi connectivity index (χ1) is 13.2. The summed E-state index contributed by atoms with van der Waals surface area (Å²) in [7, 11) is 0. The number of nitrogens with zero attached hydrogens (tertiary/aromatic N) is 3. The molecule has 1 aliphatic rings. The van der Waals surface area contributed by atoms with Gasteiger partial charge < -0.3 is 4.90 Å². The van der Waals surface area contributed by atoms with Gasteiger partial charge in [-0.2, -0.15) is 0 Å². The number of pyridine rings is 1. The van der Waals surface area contributed by atoms with Gasteiger partial charge in [0.05, 0.1) is 5.57 Å². The van der Waals surface area contributed by atoms with Crippen molar-refractivity contribution < 1.29 is 9.59 Å². The van der Waals surface area contributed by atoms with Crippen LogP contribution in [-0.2, 0) is 16.0 Å². The van der Waals surface area contributed by atoms with Crippen molar-refractivity contribution in [2.45, 2.75) is 26.7 Å². The number of likely N-dealkylation sites (N-methyl/N-ethyl adjacent to an activating group) is 1. The van der Waals surface area contributed by atoms with Crippen LogP contribution in [0.3, 0.4) is 0 Å². The quantitative estimate of drug-likeness (QED) is 0.676. The van der Waals surface area contributed by atoms with E-state index in [2.05, 4.69) is 4.98 Å². The lowest BCUT2D eigenvalue weighted by atomic mass is 10.0. The maximum absolute atomic E-state index is 13.1. The molecule has 2 amide bonds. The van der Waals surface area contributed by atoms with Gasteiger partial charge in [0.25, 0.3) is 11.8 Å². The fraction of sp³-hybridized carbons (Fsp3) is 0.318. The molecular formula is C22H25N3O2. The highest BCUT2D eigenvalue weighted by atomic mass is 16.2. The first kappa shape index (κ1) is 18.8. The number of hydrogen-bond acceptors (Lipinski definition) is 4. The molecule has 0 spiro atoms. The number of benzene rings is 1. The van der Waals surface area contributed by atoms with Crippen molar-refractivity contribution >= 4 is 17.4 Å². The standard InChI is InChI=1S/C22H25N3O2/c1-3-15-25-21(26)19(18-8-6-5-7-9-18)20(22(25)27)24(4-2)16-12-17-10-13-23-14-11-17/h5-11,13-14H,3-4,12,15-16H2,1-2H3. The van der Waals surface area contributed by atoms with E-state index in [-0.39, 0.29) is 11.8 Å². The highest BCUT2D eigenvalue weighted by Gasteiger charge is 2.40. The molecule has 0 aliphatic carbocycles. The minimum atomic E-state index is -0.189. The molecular weight excluding hydrogens is 338 g/mol. The van der Waals surface area contributed by atoms with E-state index in [0.717, 1.165) is 24.0 Å². The molecule has 27 heavy (non-hydrogen) atoms. The molecule has 3 rings (SSSR count). The van der Waals surface area contributed by atoms with Crippen LogP contribution in [0.2, 0.25) is 0 Å². The number of carbonyl (C=O) groups excluding carboxylic acids is 2. The lowest BCUT2D eigenvalue weighted by Crippen LogP contribution is -2.36. The molecule has 5 nitrogen and oxygen atoms in total. The Bertz CT molecular complexity index is 831. The maximum Gasteiger partial charge on any atom is 0.277 e. The van der Waals surface area contributed by atoms with Crippen molar-refractivity contribution in [2.24, 2.45) is 0 Å². The molecule has 0 saturated carbocycles. The van der Waals surface area contributed by atoms with Gasteiger partial charge in [-0.3, -0.25) is 19.5 Å². The Morgan fingerprint density at radius 3 is 2.30 bits per heavy atom. The molecule has 0 saturated heterocycles. The SMILES string of the molecule is CCCN1C(=O)C(c2ccccc2)=C(N(CC)CCc2ccncc2)C1=O. The normalized spacial score (nSPS) is 14.2. The Kier molecular flexibility index (Phi) is 6.01. The molecule has 1 aromatic heterocycles. The highest BCUT2D eigenvalue weighted by Crippen LogP contribution is 2.31. The smallest absolute Gasteiger partial charge is 0.277 e. The lowest BCUT2D eigenvalue weighted by molar-refractivity contribution is -0.137. The average molecular weight is 363 g/mol. The van der Waals surface area contributed by atoms with Crippen LogP contribution in [0, 0.1) is 0 Å². The average Bonchev–Trinajstić information content (AvgIpc) is 2.95. The van der Waals surface area contributed by atoms with Gasteiger partial charge in [-0.15, -0.1) is 0 Å². The topological polar surface area (TPSA) is 53.5 Å². The number of hydrogen-bond donors (Lipinski definition) is 0. The fourth-order valence-corrected chi connectivity index (χ4v) is 3.39. The minimum absolute atomic E-state index is 0.183. The first-order valence-electron chi connectivity index (χ1n) is 9.47. The zero-order valence-electron chi connectivity index (χ0n) is 15.9. The van der Waals surface area contributed by atoms with Gasteiger partial charge in [-0.05, 0) is 43.0 Å². The second-order valence-corrected chi connectivity index (χ2v) is 6.54. The van der Waals surface area contributed by atoms with E-state index in [9.17, 15) is 9.59 Å². The van der Waals surface area contributed by atoms with Gasteiger partial charge in [0.15, 0.2) is 0 Å². The summed E-state index contributed by atoms with van der Waals surface area (Å²) in [6, 6.07) is 13.5. The van der Waals surface area contributed by atoms with Gasteiger partial charge in [-0.25, -0.2) is 0 Å². The van der Waals surface area contributed by atoms with Gasteiger partial charge in [0.2, 0.25) is 0 Å². The predicted octanol–water partition coefficient (Wildman–Crippen LogP) is 3.14. The van der Waals surface area contributed by atoms with Crippen molar-refractivity contribution in [1.29, 1.82) is 0 Å². The molecule has 0 atom stereocenters. The van der Waals surface area contributed by atoms with Crippen LogP contribution in [0.15, 0.2) is 60.6 Å². The Morgan fingerprint density at radius 2 is 1.67 bits per heavy atom. The Hall–Kier alpha value is -2.95. The van der Waals surface area contributed by atoms with Crippen LogP contribution in [0.4, 0.5) is 0 Å². The molecule has 0 N–H and O–H groups in total. The highest BCUT2D eigenvalue weighted by molar-refractivity contribution is 6.35. The summed E-state index contributed by atoms with van der Waals surface area (Å²) in [5.74, 6) is -0.373. The zero-order valence-corrected chi connectivity index (χ0v) is 15.9. The molecule has 1 aromatic carbocycles. The minimum Gasteiger partial charge on any atom is -0.366 e. The molecule has 0 unspecified atom stereocenters. The molecule has 0 radical (unpaired) electrons. The van der Waals surface area contributed by atoms with Crippen LogP contribution >= 0.6 is 0 Å². The van der Waals surface area contributed by atoms with Crippen molar-refractivity contribution in [3.63, 3.8) is 0 Å². The van der Waals surface area contributed by atoms with E-state index in [1.54, 1.807) is 12.4 Å². The summed E-state index contributed by atoms with van der Waals surface area (Å²) in [5.41, 5.74) is 3.00. The number of carbonyl (C=O) groups is 2. The Labute approximate surface area is 160 Å². The molecule has 2 heterocycles. The third kappa shape index (κ3) is 3.92. The summed E-state index contributed by atoms with van der Waals surface area (Å²) in [6.07, 6.45) is 5.08. The van der Waals surface area contributed by atoms with Crippen molar-refractivity contribution in [3.05, 3.63) is 71.7 Å². The van der Waals surface area contributed by atoms with Crippen LogP contribution in [0.25, 0.3) is 5.57 Å². The van der Waals surface area contributed by atoms with E-state index in [0.29, 0.717) is 30.9 Å². The van der Waals surface area contributed by atoms with Crippen LogP contribution in [0.1, 0.15) is 31.4 Å². The van der Waals surface area contributed by atoms with Gasteiger partial charge >= 0.3 is 0 Å². The third-order valence-electron chi connectivity index (χ3n) is 4.77. The van der Waals surface area contributed by atoms with Crippen molar-refractivity contribution in [2.75, 3.05) is 19.6 Å². The Morgan fingerprint density at radius 1 is 0.963 bits per heavy atom. The largest absolute Gasteiger partial charge is 0.366 e. The third-order valence-corrected chi connectivity index (χ3v) is 4.77. The lowest BCUT2D eigenvalue weighted by Gasteiger charge is -2.24. The van der Waals surface area contributed by atoms with Crippen LogP contribution in [0.5, 0.6) is 0 Å². The number of imide groups is 1. The predicted molar refractivity (Wildman–Crippen MR) is 106 cm³/mol. The van der Waals surface area contributed by atoms with E-state index in [1.807, 2.05) is 61.2 Å². The van der Waals surface area contributed by atoms with E-state index in [4.69, 9.17) is 0 Å². The molecule has 2 aromatic rings. The van der Waals surface area contributed by atoms with Crippen LogP contribution < -0.4 is 0 Å². The van der Waals surface area contributed by atoms with Gasteiger partial charge in [0, 0.05) is 32.0 Å². The second-order valence-electron chi connectivity index (χ2n) is 6.54. The monoisotopic (exact) mass is 363 g/mol. The van der Waals surface area contributed by atoms with Gasteiger partial charge in [-0.1, -0.05) is 37.3 Å². The molecule has 5 heteroatoms. The molecule has 140 valence electrons. The summed E-state index contributed by atoms with van der Waals surface area (Å²) in [5, 5.41) is 0. The fourth-order valence-electron chi connectivity index (χ4n) is 3.39. The molecule has 0 bridgehead atoms. The summed E-state index contributed by atoms with van der Waals surface area (Å²) in [4.78, 5) is 33.6. The molecule has 0 fully saturated rings. The number of aromatic nitrogens is 1. The summed E-state index contributed by atoms with van der Waals surface area (Å²) < 4.78 is 0. The van der Waals surface area contributed by atoms with Crippen molar-refractivity contribution in [1.82, 2.24) is 14.8 Å². The maximum atomic E-state index is 13.1. The van der Waals surface area contributed by atoms with Crippen molar-refractivity contribution in [3.8, 4) is 0 Å². The van der Waals surface area contributed by atoms with E-state index >= 15 is 0 Å². The zero-order chi connectivity index (χ0) is 19.2. The summed E-state index contributed by atoms with van der Waals surface area (Å²) in [6.45, 7) is 5.77. The number of rotatable bonds is 8. The van der Waals surface area contributed by atoms with Crippen LogP contribution in [-0.4, -0.2) is 46.2 Å². The summed E-state index contributed by atoms with van der Waals surface area (Å²) >= 11 is 0.